The highest BCUT2D eigenvalue weighted by Crippen LogP contribution is 2.00. The van der Waals surface area contributed by atoms with Gasteiger partial charge in [-0.05, 0) is 22.6 Å². The van der Waals surface area contributed by atoms with Crippen LogP contribution in [-0.4, -0.2) is 54.6 Å². The first-order valence-electron chi connectivity index (χ1n) is 3.69. The molecule has 4 heteroatoms. The minimum atomic E-state index is 0.123. The molecule has 0 radical (unpaired) electrons. The lowest BCUT2D eigenvalue weighted by atomic mass is 10.5. The molecular weight excluding hydrogens is 257 g/mol. The maximum Gasteiger partial charge on any atom is 0.129 e. The Morgan fingerprint density at radius 2 is 2.00 bits per heavy atom. The van der Waals surface area contributed by atoms with Gasteiger partial charge in [0.05, 0.1) is 33.9 Å². The second-order valence-electron chi connectivity index (χ2n) is 3.11. The number of hydrogen-bond donors (Lipinski definition) is 1. The van der Waals surface area contributed by atoms with Crippen LogP contribution in [0.5, 0.6) is 0 Å². The number of nitrogens with zero attached hydrogens (tertiary/aromatic N) is 1. The average molecular weight is 274 g/mol. The Morgan fingerprint density at radius 1 is 1.36 bits per heavy atom. The van der Waals surface area contributed by atoms with Gasteiger partial charge >= 0.3 is 0 Å². The lowest BCUT2D eigenvalue weighted by Crippen LogP contribution is -2.40. The molecule has 0 spiro atoms. The molecule has 0 rings (SSSR count). The summed E-state index contributed by atoms with van der Waals surface area (Å²) >= 11 is 2.36. The third-order valence-electron chi connectivity index (χ3n) is 1.40. The number of quaternary nitrogens is 1. The SMILES string of the molecule is C[N+](C)(CI)CCOCCO. The Kier molecular flexibility index (Phi) is 6.50. The molecule has 68 valence electrons. The predicted molar refractivity (Wildman–Crippen MR) is 53.8 cm³/mol. The second kappa shape index (κ2) is 6.16. The molecule has 0 aromatic carbocycles. The molecule has 0 fully saturated rings. The summed E-state index contributed by atoms with van der Waals surface area (Å²) < 4.78 is 7.20. The fourth-order valence-corrected chi connectivity index (χ4v) is 0.879. The summed E-state index contributed by atoms with van der Waals surface area (Å²) in [6.07, 6.45) is 0. The largest absolute Gasteiger partial charge is 0.394 e. The molecule has 0 aliphatic heterocycles. The van der Waals surface area contributed by atoms with Crippen molar-refractivity contribution >= 4 is 22.6 Å². The number of likely N-dealkylation sites (N-methyl/N-ethyl adjacent to an activating group) is 1. The van der Waals surface area contributed by atoms with Crippen molar-refractivity contribution in [1.82, 2.24) is 0 Å². The monoisotopic (exact) mass is 274 g/mol. The van der Waals surface area contributed by atoms with Crippen LogP contribution in [0.3, 0.4) is 0 Å². The van der Waals surface area contributed by atoms with E-state index in [4.69, 9.17) is 9.84 Å². The molecule has 0 heterocycles. The molecule has 0 aromatic heterocycles. The maximum absolute atomic E-state index is 8.42. The highest BCUT2D eigenvalue weighted by molar-refractivity contribution is 14.1. The minimum Gasteiger partial charge on any atom is -0.394 e. The first kappa shape index (κ1) is 11.6. The number of ether oxygens (including phenoxy) is 1. The number of rotatable bonds is 6. The molecule has 0 saturated heterocycles. The summed E-state index contributed by atoms with van der Waals surface area (Å²) in [6, 6.07) is 0. The van der Waals surface area contributed by atoms with E-state index in [0.717, 1.165) is 22.2 Å². The van der Waals surface area contributed by atoms with Crippen LogP contribution in [0.25, 0.3) is 0 Å². The van der Waals surface area contributed by atoms with E-state index in [1.165, 1.54) is 0 Å². The van der Waals surface area contributed by atoms with Crippen LogP contribution in [0, 0.1) is 0 Å². The van der Waals surface area contributed by atoms with Gasteiger partial charge in [-0.1, -0.05) is 0 Å². The van der Waals surface area contributed by atoms with E-state index in [2.05, 4.69) is 36.7 Å². The van der Waals surface area contributed by atoms with Gasteiger partial charge in [0.1, 0.15) is 11.1 Å². The lowest BCUT2D eigenvalue weighted by molar-refractivity contribution is -0.874. The Hall–Kier alpha value is 0.610. The van der Waals surface area contributed by atoms with Crippen molar-refractivity contribution in [2.45, 2.75) is 0 Å². The summed E-state index contributed by atoms with van der Waals surface area (Å²) in [5.41, 5.74) is 0. The highest BCUT2D eigenvalue weighted by Gasteiger charge is 2.11. The number of alkyl halides is 1. The van der Waals surface area contributed by atoms with Gasteiger partial charge in [0.15, 0.2) is 0 Å². The first-order valence-corrected chi connectivity index (χ1v) is 5.21. The fraction of sp³-hybridized carbons (Fsp3) is 1.00. The van der Waals surface area contributed by atoms with Crippen molar-refractivity contribution in [2.24, 2.45) is 0 Å². The normalized spacial score (nSPS) is 12.0. The molecule has 0 aliphatic rings. The molecule has 3 nitrogen and oxygen atoms in total. The Morgan fingerprint density at radius 3 is 2.45 bits per heavy atom. The van der Waals surface area contributed by atoms with E-state index in [-0.39, 0.29) is 6.61 Å². The summed E-state index contributed by atoms with van der Waals surface area (Å²) in [5, 5.41) is 8.42. The van der Waals surface area contributed by atoms with Crippen LogP contribution >= 0.6 is 22.6 Å². The Balaban J connectivity index is 3.23. The van der Waals surface area contributed by atoms with Gasteiger partial charge < -0.3 is 14.3 Å². The maximum atomic E-state index is 8.42. The van der Waals surface area contributed by atoms with Gasteiger partial charge in [-0.3, -0.25) is 0 Å². The van der Waals surface area contributed by atoms with Crippen LogP contribution < -0.4 is 0 Å². The number of aliphatic hydroxyl groups is 1. The highest BCUT2D eigenvalue weighted by atomic mass is 127. The first-order chi connectivity index (χ1) is 5.12. The number of aliphatic hydroxyl groups excluding tert-OH is 1. The van der Waals surface area contributed by atoms with Gasteiger partial charge in [-0.2, -0.15) is 0 Å². The van der Waals surface area contributed by atoms with Gasteiger partial charge in [0.2, 0.25) is 0 Å². The zero-order chi connectivity index (χ0) is 8.74. The van der Waals surface area contributed by atoms with E-state index in [1.807, 2.05) is 0 Å². The summed E-state index contributed by atoms with van der Waals surface area (Å²) in [4.78, 5) is 0. The van der Waals surface area contributed by atoms with E-state index < -0.39 is 0 Å². The third kappa shape index (κ3) is 6.99. The molecular formula is C7H17INO2+. The molecule has 0 saturated carbocycles. The number of hydrogen-bond acceptors (Lipinski definition) is 2. The van der Waals surface area contributed by atoms with Crippen molar-refractivity contribution in [2.75, 3.05) is 45.0 Å². The zero-order valence-electron chi connectivity index (χ0n) is 7.22. The van der Waals surface area contributed by atoms with Crippen molar-refractivity contribution in [3.63, 3.8) is 0 Å². The summed E-state index contributed by atoms with van der Waals surface area (Å²) in [7, 11) is 4.32. The van der Waals surface area contributed by atoms with Crippen molar-refractivity contribution in [3.05, 3.63) is 0 Å². The van der Waals surface area contributed by atoms with Crippen LogP contribution in [0.2, 0.25) is 0 Å². The predicted octanol–water partition coefficient (Wildman–Crippen LogP) is 0.464. The van der Waals surface area contributed by atoms with Gasteiger partial charge in [-0.25, -0.2) is 0 Å². The molecule has 0 atom stereocenters. The Labute approximate surface area is 82.1 Å². The fourth-order valence-electron chi connectivity index (χ4n) is 0.538. The quantitative estimate of drug-likeness (QED) is 0.251. The molecule has 0 aliphatic carbocycles. The van der Waals surface area contributed by atoms with Crippen molar-refractivity contribution in [3.8, 4) is 0 Å². The molecule has 0 bridgehead atoms. The smallest absolute Gasteiger partial charge is 0.129 e. The van der Waals surface area contributed by atoms with Gasteiger partial charge in [0, 0.05) is 0 Å². The lowest BCUT2D eigenvalue weighted by Gasteiger charge is -2.26. The van der Waals surface area contributed by atoms with E-state index in [9.17, 15) is 0 Å². The minimum absolute atomic E-state index is 0.123. The average Bonchev–Trinajstić information content (AvgIpc) is 1.99. The summed E-state index contributed by atoms with van der Waals surface area (Å²) in [6.45, 7) is 2.32. The number of halogens is 1. The van der Waals surface area contributed by atoms with Crippen LogP contribution in [0.4, 0.5) is 0 Å². The van der Waals surface area contributed by atoms with Crippen molar-refractivity contribution in [1.29, 1.82) is 0 Å². The standard InChI is InChI=1S/C7H17INO2/c1-9(2,7-8)3-5-11-6-4-10/h10H,3-7H2,1-2H3/q+1. The molecule has 1 N–H and O–H groups in total. The van der Waals surface area contributed by atoms with Crippen LogP contribution in [0.1, 0.15) is 0 Å². The van der Waals surface area contributed by atoms with E-state index in [0.29, 0.717) is 6.61 Å². The van der Waals surface area contributed by atoms with Crippen LogP contribution in [0.15, 0.2) is 0 Å². The molecule has 0 unspecified atom stereocenters. The molecule has 0 aromatic rings. The third-order valence-corrected chi connectivity index (χ3v) is 3.25. The van der Waals surface area contributed by atoms with Crippen molar-refractivity contribution < 1.29 is 14.3 Å². The molecule has 0 amide bonds. The summed E-state index contributed by atoms with van der Waals surface area (Å²) in [5.74, 6) is 0. The van der Waals surface area contributed by atoms with E-state index in [1.54, 1.807) is 0 Å². The second-order valence-corrected chi connectivity index (χ2v) is 3.80. The zero-order valence-corrected chi connectivity index (χ0v) is 9.37. The topological polar surface area (TPSA) is 29.5 Å². The molecule has 11 heavy (non-hydrogen) atoms. The van der Waals surface area contributed by atoms with Gasteiger partial charge in [0.25, 0.3) is 0 Å². The van der Waals surface area contributed by atoms with E-state index >= 15 is 0 Å². The Bertz CT molecular complexity index is 98.4. The van der Waals surface area contributed by atoms with Crippen LogP contribution in [-0.2, 0) is 4.74 Å². The van der Waals surface area contributed by atoms with Gasteiger partial charge in [-0.15, -0.1) is 0 Å².